The maximum atomic E-state index is 11.8. The summed E-state index contributed by atoms with van der Waals surface area (Å²) in [6.45, 7) is 3.32. The molecule has 98 valence electrons. The molecule has 7 nitrogen and oxygen atoms in total. The van der Waals surface area contributed by atoms with Crippen LogP contribution in [0.25, 0.3) is 0 Å². The Labute approximate surface area is 98.8 Å². The zero-order valence-electron chi connectivity index (χ0n) is 10.0. The van der Waals surface area contributed by atoms with Crippen molar-refractivity contribution < 1.29 is 28.8 Å². The predicted molar refractivity (Wildman–Crippen MR) is 54.7 cm³/mol. The summed E-state index contributed by atoms with van der Waals surface area (Å²) in [5.74, 6) is -3.48. The average molecular weight is 247 g/mol. The van der Waals surface area contributed by atoms with Crippen LogP contribution >= 0.6 is 0 Å². The van der Waals surface area contributed by atoms with E-state index in [4.69, 9.17) is 19.9 Å². The topological polar surface area (TPSA) is 100 Å². The summed E-state index contributed by atoms with van der Waals surface area (Å²) >= 11 is 0. The lowest BCUT2D eigenvalue weighted by molar-refractivity contribution is -0.263. The summed E-state index contributed by atoms with van der Waals surface area (Å²) in [7, 11) is 1.22. The number of methoxy groups -OCH3 is 1. The van der Waals surface area contributed by atoms with E-state index in [0.717, 1.165) is 0 Å². The molecule has 17 heavy (non-hydrogen) atoms. The fourth-order valence-corrected chi connectivity index (χ4v) is 2.24. The minimum Gasteiger partial charge on any atom is -0.465 e. The third-order valence-electron chi connectivity index (χ3n) is 2.90. The number of aliphatic hydroxyl groups is 1. The van der Waals surface area contributed by atoms with Crippen molar-refractivity contribution >= 4 is 5.97 Å². The third kappa shape index (κ3) is 1.74. The molecule has 0 aliphatic carbocycles. The number of ether oxygens (including phenoxy) is 4. The highest BCUT2D eigenvalue weighted by molar-refractivity contribution is 5.79. The number of esters is 1. The van der Waals surface area contributed by atoms with Crippen LogP contribution in [0.1, 0.15) is 13.8 Å². The van der Waals surface area contributed by atoms with Gasteiger partial charge in [0.1, 0.15) is 12.2 Å². The highest BCUT2D eigenvalue weighted by Crippen LogP contribution is 2.45. The first-order valence-electron chi connectivity index (χ1n) is 5.38. The predicted octanol–water partition coefficient (Wildman–Crippen LogP) is -1.27. The maximum absolute atomic E-state index is 11.8. The van der Waals surface area contributed by atoms with Gasteiger partial charge < -0.3 is 29.8 Å². The summed E-state index contributed by atoms with van der Waals surface area (Å²) in [6, 6.07) is 0. The SMILES string of the molecule is COC(=O)[C@@]12O[C@@H](CN)[C@@H](O)C1OC(C)(C)O2. The van der Waals surface area contributed by atoms with E-state index in [1.54, 1.807) is 13.8 Å². The van der Waals surface area contributed by atoms with Gasteiger partial charge in [-0.25, -0.2) is 4.79 Å². The van der Waals surface area contributed by atoms with Gasteiger partial charge in [0.2, 0.25) is 0 Å². The lowest BCUT2D eigenvalue weighted by atomic mass is 10.1. The second-order valence-corrected chi connectivity index (χ2v) is 4.58. The number of hydrogen-bond donors (Lipinski definition) is 2. The van der Waals surface area contributed by atoms with E-state index in [1.807, 2.05) is 0 Å². The van der Waals surface area contributed by atoms with Crippen LogP contribution in [0.3, 0.4) is 0 Å². The van der Waals surface area contributed by atoms with E-state index in [1.165, 1.54) is 7.11 Å². The van der Waals surface area contributed by atoms with Crippen molar-refractivity contribution in [3.8, 4) is 0 Å². The van der Waals surface area contributed by atoms with Crippen LogP contribution in [-0.4, -0.2) is 54.6 Å². The van der Waals surface area contributed by atoms with E-state index in [0.29, 0.717) is 0 Å². The molecule has 1 unspecified atom stereocenters. The number of nitrogens with two attached hydrogens (primary N) is 1. The Hall–Kier alpha value is -0.730. The van der Waals surface area contributed by atoms with Gasteiger partial charge in [-0.3, -0.25) is 0 Å². The monoisotopic (exact) mass is 247 g/mol. The lowest BCUT2D eigenvalue weighted by Crippen LogP contribution is -2.48. The molecule has 0 amide bonds. The van der Waals surface area contributed by atoms with Crippen molar-refractivity contribution in [1.82, 2.24) is 0 Å². The van der Waals surface area contributed by atoms with Crippen molar-refractivity contribution in [3.63, 3.8) is 0 Å². The molecule has 2 heterocycles. The molecular formula is C10H17NO6. The molecule has 0 aromatic rings. The van der Waals surface area contributed by atoms with Crippen molar-refractivity contribution in [2.24, 2.45) is 5.73 Å². The third-order valence-corrected chi connectivity index (χ3v) is 2.90. The van der Waals surface area contributed by atoms with Gasteiger partial charge in [-0.15, -0.1) is 0 Å². The van der Waals surface area contributed by atoms with Gasteiger partial charge in [-0.2, -0.15) is 0 Å². The van der Waals surface area contributed by atoms with Gasteiger partial charge in [0.25, 0.3) is 0 Å². The van der Waals surface area contributed by atoms with Crippen molar-refractivity contribution in [2.75, 3.05) is 13.7 Å². The molecule has 7 heteroatoms. The normalized spacial score (nSPS) is 43.5. The number of fused-ring (bicyclic) bond motifs is 1. The van der Waals surface area contributed by atoms with Gasteiger partial charge in [-0.05, 0) is 13.8 Å². The Balaban J connectivity index is 2.34. The van der Waals surface area contributed by atoms with Crippen LogP contribution in [-0.2, 0) is 23.7 Å². The standard InChI is InChI=1S/C10H17NO6/c1-9(2)16-7-6(12)5(4-11)15-10(7,17-9)8(13)14-3/h5-7,12H,4,11H2,1-3H3/t5-,6+,7?,10+/m0/s1. The fraction of sp³-hybridized carbons (Fsp3) is 0.900. The van der Waals surface area contributed by atoms with Gasteiger partial charge >= 0.3 is 11.8 Å². The molecular weight excluding hydrogens is 230 g/mol. The molecule has 2 saturated heterocycles. The molecule has 0 radical (unpaired) electrons. The van der Waals surface area contributed by atoms with Crippen molar-refractivity contribution in [2.45, 2.75) is 43.7 Å². The molecule has 2 rings (SSSR count). The van der Waals surface area contributed by atoms with E-state index >= 15 is 0 Å². The smallest absolute Gasteiger partial charge is 0.369 e. The van der Waals surface area contributed by atoms with E-state index in [9.17, 15) is 9.90 Å². The van der Waals surface area contributed by atoms with Gasteiger partial charge in [0, 0.05) is 6.54 Å². The molecule has 2 fully saturated rings. The molecule has 0 saturated carbocycles. The molecule has 0 aromatic heterocycles. The van der Waals surface area contributed by atoms with E-state index < -0.39 is 35.9 Å². The van der Waals surface area contributed by atoms with Crippen LogP contribution in [0.4, 0.5) is 0 Å². The summed E-state index contributed by atoms with van der Waals surface area (Å²) in [5, 5.41) is 9.98. The Kier molecular flexibility index (Phi) is 2.91. The number of aliphatic hydroxyl groups excluding tert-OH is 1. The second kappa shape index (κ2) is 3.89. The first-order chi connectivity index (χ1) is 7.86. The minimum absolute atomic E-state index is 0.0591. The Bertz CT molecular complexity index is 333. The molecule has 3 N–H and O–H groups in total. The van der Waals surface area contributed by atoms with Crippen LogP contribution in [0.15, 0.2) is 0 Å². The number of carbonyl (C=O) groups is 1. The molecule has 2 aliphatic rings. The largest absolute Gasteiger partial charge is 0.465 e. The maximum Gasteiger partial charge on any atom is 0.369 e. The summed E-state index contributed by atoms with van der Waals surface area (Å²) < 4.78 is 21.0. The fourth-order valence-electron chi connectivity index (χ4n) is 2.24. The average Bonchev–Trinajstić information content (AvgIpc) is 2.68. The first kappa shape index (κ1) is 12.7. The Morgan fingerprint density at radius 3 is 2.65 bits per heavy atom. The van der Waals surface area contributed by atoms with Crippen LogP contribution in [0.2, 0.25) is 0 Å². The highest BCUT2D eigenvalue weighted by atomic mass is 16.9. The van der Waals surface area contributed by atoms with Crippen molar-refractivity contribution in [1.29, 1.82) is 0 Å². The molecule has 0 spiro atoms. The number of hydrogen-bond acceptors (Lipinski definition) is 7. The summed E-state index contributed by atoms with van der Waals surface area (Å²) in [4.78, 5) is 11.8. The zero-order chi connectivity index (χ0) is 12.8. The number of rotatable bonds is 2. The summed E-state index contributed by atoms with van der Waals surface area (Å²) in [6.07, 6.45) is -2.67. The zero-order valence-corrected chi connectivity index (χ0v) is 10.0. The Morgan fingerprint density at radius 1 is 1.47 bits per heavy atom. The number of carbonyl (C=O) groups excluding carboxylic acids is 1. The molecule has 0 aromatic carbocycles. The van der Waals surface area contributed by atoms with E-state index in [-0.39, 0.29) is 6.54 Å². The van der Waals surface area contributed by atoms with Crippen LogP contribution < -0.4 is 5.73 Å². The highest BCUT2D eigenvalue weighted by Gasteiger charge is 2.69. The van der Waals surface area contributed by atoms with Gasteiger partial charge in [0.15, 0.2) is 11.9 Å². The lowest BCUT2D eigenvalue weighted by Gasteiger charge is -2.25. The van der Waals surface area contributed by atoms with E-state index in [2.05, 4.69) is 4.74 Å². The summed E-state index contributed by atoms with van der Waals surface area (Å²) in [5.41, 5.74) is 5.45. The minimum atomic E-state index is -1.72. The van der Waals surface area contributed by atoms with Gasteiger partial charge in [0.05, 0.1) is 7.11 Å². The quantitative estimate of drug-likeness (QED) is 0.586. The van der Waals surface area contributed by atoms with Crippen molar-refractivity contribution in [3.05, 3.63) is 0 Å². The van der Waals surface area contributed by atoms with Gasteiger partial charge in [-0.1, -0.05) is 0 Å². The molecule has 2 aliphatic heterocycles. The first-order valence-corrected chi connectivity index (χ1v) is 5.38. The van der Waals surface area contributed by atoms with Crippen LogP contribution in [0, 0.1) is 0 Å². The Morgan fingerprint density at radius 2 is 2.12 bits per heavy atom. The molecule has 0 bridgehead atoms. The molecule has 4 atom stereocenters. The van der Waals surface area contributed by atoms with Crippen LogP contribution in [0.5, 0.6) is 0 Å². The second-order valence-electron chi connectivity index (χ2n) is 4.58.